The maximum absolute atomic E-state index is 12.0. The average Bonchev–Trinajstić information content (AvgIpc) is 3.48. The number of fused-ring (bicyclic) bond motifs is 2. The first-order chi connectivity index (χ1) is 20.0. The number of aryl methyl sites for hydroxylation is 1. The number of hydrogen-bond acceptors (Lipinski definition) is 2. The van der Waals surface area contributed by atoms with Gasteiger partial charge in [0.25, 0.3) is 0 Å². The smallest absolute Gasteiger partial charge is 0.307 e. The van der Waals surface area contributed by atoms with E-state index in [0.29, 0.717) is 30.4 Å². The summed E-state index contributed by atoms with van der Waals surface area (Å²) in [5.41, 5.74) is 4.82. The maximum Gasteiger partial charge on any atom is 0.307 e. The highest BCUT2D eigenvalue weighted by atomic mass is 16.4. The fraction of sp³-hybridized carbons (Fsp3) is 0.553. The van der Waals surface area contributed by atoms with Crippen molar-refractivity contribution in [3.05, 3.63) is 89.0 Å². The molecule has 0 saturated heterocycles. The Kier molecular flexibility index (Phi) is 12.6. The summed E-state index contributed by atoms with van der Waals surface area (Å²) >= 11 is 0. The van der Waals surface area contributed by atoms with Gasteiger partial charge in [-0.05, 0) is 110 Å². The summed E-state index contributed by atoms with van der Waals surface area (Å²) in [6, 6.07) is 15.0. The standard InChI is InChI=1S/C38H52O3/c1-2-3-6-21-34-28-33(23-24-37(34)39)36-27-31-18-13-17-30(25-31)26-35(38(40)41)22-12-11-20-32(36)19-8-5-4-7-14-29-15-9-10-16-29/h9,11-13,15,17-18,23-25,28-29,32,35-36,39H,2-8,10,14,16,19-22,26-27H2,1H3,(H,40,41)/b12-11+/t29-,32+,35+,36-/m1/s1. The monoisotopic (exact) mass is 556 g/mol. The second-order valence-corrected chi connectivity index (χ2v) is 12.7. The van der Waals surface area contributed by atoms with Crippen molar-refractivity contribution in [3.8, 4) is 5.75 Å². The van der Waals surface area contributed by atoms with Crippen molar-refractivity contribution >= 4 is 5.97 Å². The molecule has 0 aromatic heterocycles. The largest absolute Gasteiger partial charge is 0.508 e. The number of aromatic hydroxyl groups is 1. The molecule has 4 atom stereocenters. The Morgan fingerprint density at radius 1 is 0.854 bits per heavy atom. The van der Waals surface area contributed by atoms with Gasteiger partial charge in [0.2, 0.25) is 0 Å². The zero-order chi connectivity index (χ0) is 28.9. The van der Waals surface area contributed by atoms with Crippen LogP contribution in [0.3, 0.4) is 0 Å². The molecule has 222 valence electrons. The van der Waals surface area contributed by atoms with Crippen molar-refractivity contribution in [1.82, 2.24) is 0 Å². The quantitative estimate of drug-likeness (QED) is 0.191. The van der Waals surface area contributed by atoms with Gasteiger partial charge in [-0.15, -0.1) is 0 Å². The van der Waals surface area contributed by atoms with Crippen LogP contribution in [0.1, 0.15) is 119 Å². The van der Waals surface area contributed by atoms with Gasteiger partial charge >= 0.3 is 5.97 Å². The summed E-state index contributed by atoms with van der Waals surface area (Å²) in [6.07, 6.45) is 26.8. The molecule has 41 heavy (non-hydrogen) atoms. The lowest BCUT2D eigenvalue weighted by Crippen LogP contribution is -2.18. The Morgan fingerprint density at radius 3 is 2.39 bits per heavy atom. The molecule has 0 radical (unpaired) electrons. The van der Waals surface area contributed by atoms with Gasteiger partial charge in [-0.3, -0.25) is 4.79 Å². The van der Waals surface area contributed by atoms with E-state index >= 15 is 0 Å². The van der Waals surface area contributed by atoms with E-state index in [2.05, 4.69) is 67.6 Å². The summed E-state index contributed by atoms with van der Waals surface area (Å²) in [5, 5.41) is 20.5. The highest BCUT2D eigenvalue weighted by molar-refractivity contribution is 5.70. The van der Waals surface area contributed by atoms with Gasteiger partial charge in [-0.25, -0.2) is 0 Å². The van der Waals surface area contributed by atoms with Crippen LogP contribution in [0.4, 0.5) is 0 Å². The number of carboxylic acids is 1. The van der Waals surface area contributed by atoms with Crippen LogP contribution in [0.2, 0.25) is 0 Å². The maximum atomic E-state index is 12.0. The molecule has 0 aliphatic heterocycles. The molecule has 0 heterocycles. The number of phenolic OH excluding ortho intramolecular Hbond substituents is 1. The minimum absolute atomic E-state index is 0.360. The summed E-state index contributed by atoms with van der Waals surface area (Å²) in [6.45, 7) is 2.22. The molecule has 0 amide bonds. The Morgan fingerprint density at radius 2 is 1.63 bits per heavy atom. The van der Waals surface area contributed by atoms with Crippen molar-refractivity contribution in [2.24, 2.45) is 17.8 Å². The minimum atomic E-state index is -0.709. The summed E-state index contributed by atoms with van der Waals surface area (Å²) in [5.74, 6) is 0.977. The topological polar surface area (TPSA) is 57.5 Å². The molecule has 0 spiro atoms. The van der Waals surface area contributed by atoms with Crippen LogP contribution in [0.5, 0.6) is 5.75 Å². The predicted octanol–water partition coefficient (Wildman–Crippen LogP) is 9.97. The van der Waals surface area contributed by atoms with Gasteiger partial charge in [-0.2, -0.15) is 0 Å². The molecule has 3 nitrogen and oxygen atoms in total. The Balaban J connectivity index is 1.54. The van der Waals surface area contributed by atoms with E-state index in [9.17, 15) is 15.0 Å². The van der Waals surface area contributed by atoms with E-state index in [4.69, 9.17) is 0 Å². The molecular formula is C38H52O3. The van der Waals surface area contributed by atoms with Crippen molar-refractivity contribution in [2.45, 2.75) is 116 Å². The molecule has 3 heteroatoms. The number of allylic oxidation sites excluding steroid dienone is 4. The van der Waals surface area contributed by atoms with Crippen molar-refractivity contribution < 1.29 is 15.0 Å². The number of carbonyl (C=O) groups is 1. The number of phenols is 1. The minimum Gasteiger partial charge on any atom is -0.508 e. The number of aliphatic carboxylic acids is 1. The van der Waals surface area contributed by atoms with Gasteiger partial charge in [0, 0.05) is 0 Å². The summed E-state index contributed by atoms with van der Waals surface area (Å²) < 4.78 is 0. The van der Waals surface area contributed by atoms with Crippen molar-refractivity contribution in [2.75, 3.05) is 0 Å². The van der Waals surface area contributed by atoms with Crippen molar-refractivity contribution in [3.63, 3.8) is 0 Å². The van der Waals surface area contributed by atoms with Crippen LogP contribution in [-0.4, -0.2) is 16.2 Å². The number of rotatable bonds is 13. The predicted molar refractivity (Wildman–Crippen MR) is 170 cm³/mol. The van der Waals surface area contributed by atoms with E-state index in [1.807, 2.05) is 6.07 Å². The molecule has 2 aromatic carbocycles. The zero-order valence-electron chi connectivity index (χ0n) is 25.3. The highest BCUT2D eigenvalue weighted by Gasteiger charge is 2.25. The zero-order valence-corrected chi connectivity index (χ0v) is 25.3. The van der Waals surface area contributed by atoms with Crippen molar-refractivity contribution in [1.29, 1.82) is 0 Å². The lowest BCUT2D eigenvalue weighted by Gasteiger charge is -2.29. The molecule has 0 unspecified atom stereocenters. The second kappa shape index (κ2) is 16.6. The Bertz CT molecular complexity index is 1150. The molecule has 2 aromatic rings. The van der Waals surface area contributed by atoms with Crippen LogP contribution < -0.4 is 0 Å². The Hall–Kier alpha value is -2.81. The first kappa shape index (κ1) is 31.1. The van der Waals surface area contributed by atoms with E-state index in [-0.39, 0.29) is 5.92 Å². The lowest BCUT2D eigenvalue weighted by molar-refractivity contribution is -0.141. The molecule has 2 N–H and O–H groups in total. The summed E-state index contributed by atoms with van der Waals surface area (Å²) in [7, 11) is 0. The number of unbranched alkanes of at least 4 members (excludes halogenated alkanes) is 5. The van der Waals surface area contributed by atoms with E-state index in [0.717, 1.165) is 42.7 Å². The SMILES string of the molecule is CCCCCc1cc([C@@H]2Cc3cccc(c3)C[C@@H](C(=O)O)C/C=C/C[C@@H]2CCCCCC[C@@H]2C=CCC2)ccc1O. The van der Waals surface area contributed by atoms with Crippen LogP contribution >= 0.6 is 0 Å². The molecule has 0 fully saturated rings. The van der Waals surface area contributed by atoms with Crippen LogP contribution in [0, 0.1) is 17.8 Å². The molecule has 2 aliphatic rings. The average molecular weight is 557 g/mol. The second-order valence-electron chi connectivity index (χ2n) is 12.7. The van der Waals surface area contributed by atoms with Gasteiger partial charge in [0.1, 0.15) is 5.75 Å². The first-order valence-corrected chi connectivity index (χ1v) is 16.5. The molecule has 0 saturated carbocycles. The summed E-state index contributed by atoms with van der Waals surface area (Å²) in [4.78, 5) is 12.0. The third-order valence-corrected chi connectivity index (χ3v) is 9.47. The van der Waals surface area contributed by atoms with Gasteiger partial charge < -0.3 is 10.2 Å². The van der Waals surface area contributed by atoms with Crippen LogP contribution in [-0.2, 0) is 24.1 Å². The van der Waals surface area contributed by atoms with E-state index in [1.54, 1.807) is 0 Å². The van der Waals surface area contributed by atoms with Gasteiger partial charge in [-0.1, -0.05) is 106 Å². The molecule has 2 bridgehead atoms. The Labute approximate surface area is 248 Å². The molecule has 2 aliphatic carbocycles. The van der Waals surface area contributed by atoms with E-state index in [1.165, 1.54) is 75.3 Å². The number of benzene rings is 2. The number of hydrogen-bond donors (Lipinski definition) is 2. The third-order valence-electron chi connectivity index (χ3n) is 9.47. The fourth-order valence-electron chi connectivity index (χ4n) is 6.97. The van der Waals surface area contributed by atoms with E-state index < -0.39 is 5.97 Å². The van der Waals surface area contributed by atoms with Gasteiger partial charge in [0.05, 0.1) is 5.92 Å². The molecular weight excluding hydrogens is 504 g/mol. The van der Waals surface area contributed by atoms with Crippen LogP contribution in [0.25, 0.3) is 0 Å². The first-order valence-electron chi connectivity index (χ1n) is 16.5. The fourth-order valence-corrected chi connectivity index (χ4v) is 6.97. The lowest BCUT2D eigenvalue weighted by atomic mass is 9.76. The highest BCUT2D eigenvalue weighted by Crippen LogP contribution is 2.38. The third kappa shape index (κ3) is 9.90. The number of carboxylic acid groups (broad SMARTS) is 1. The van der Waals surface area contributed by atoms with Crippen LogP contribution in [0.15, 0.2) is 66.8 Å². The normalized spacial score (nSPS) is 23.5. The molecule has 4 rings (SSSR count). The van der Waals surface area contributed by atoms with Gasteiger partial charge in [0.15, 0.2) is 0 Å².